The molecule has 9 heteroatoms. The number of carbonyl (C=O) groups excluding carboxylic acids is 2. The van der Waals surface area contributed by atoms with E-state index in [0.29, 0.717) is 37.6 Å². The zero-order chi connectivity index (χ0) is 21.8. The third kappa shape index (κ3) is 5.19. The number of imidazole rings is 1. The maximum absolute atomic E-state index is 12.5. The molecular formula is C22H25ClN4O3S. The normalized spacial score (nSPS) is 14.7. The molecule has 1 fully saturated rings. The highest BCUT2D eigenvalue weighted by molar-refractivity contribution is 7.15. The molecule has 1 N–H and O–H groups in total. The number of thiazole rings is 1. The van der Waals surface area contributed by atoms with Crippen LogP contribution in [-0.2, 0) is 16.0 Å². The highest BCUT2D eigenvalue weighted by Gasteiger charge is 2.24. The number of carbonyl (C=O) groups is 2. The van der Waals surface area contributed by atoms with E-state index in [1.165, 1.54) is 0 Å². The molecule has 1 saturated heterocycles. The second-order valence-electron chi connectivity index (χ2n) is 7.54. The van der Waals surface area contributed by atoms with E-state index in [2.05, 4.69) is 20.1 Å². The van der Waals surface area contributed by atoms with Gasteiger partial charge in [0.25, 0.3) is 0 Å². The number of fused-ring (bicyclic) bond motifs is 1. The summed E-state index contributed by atoms with van der Waals surface area (Å²) in [5, 5.41) is 5.86. The summed E-state index contributed by atoms with van der Waals surface area (Å²) in [6.45, 7) is 3.40. The maximum Gasteiger partial charge on any atom is 0.409 e. The summed E-state index contributed by atoms with van der Waals surface area (Å²) in [6, 6.07) is 7.72. The van der Waals surface area contributed by atoms with Crippen LogP contribution < -0.4 is 5.32 Å². The molecule has 3 heterocycles. The first kappa shape index (κ1) is 21.6. The average molecular weight is 461 g/mol. The summed E-state index contributed by atoms with van der Waals surface area (Å²) >= 11 is 7.54. The maximum atomic E-state index is 12.5. The van der Waals surface area contributed by atoms with E-state index >= 15 is 0 Å². The molecule has 0 bridgehead atoms. The highest BCUT2D eigenvalue weighted by atomic mass is 35.5. The van der Waals surface area contributed by atoms with Gasteiger partial charge in [-0.15, -0.1) is 11.3 Å². The van der Waals surface area contributed by atoms with Crippen LogP contribution in [0.15, 0.2) is 35.8 Å². The van der Waals surface area contributed by atoms with Crippen LogP contribution in [0, 0.1) is 0 Å². The average Bonchev–Trinajstić information content (AvgIpc) is 3.35. The van der Waals surface area contributed by atoms with Crippen molar-refractivity contribution < 1.29 is 14.3 Å². The largest absolute Gasteiger partial charge is 0.450 e. The third-order valence-electron chi connectivity index (χ3n) is 5.42. The number of hydrogen-bond donors (Lipinski definition) is 1. The number of benzene rings is 1. The summed E-state index contributed by atoms with van der Waals surface area (Å²) in [5.74, 6) is 0.0342. The van der Waals surface area contributed by atoms with Crippen LogP contribution in [0.25, 0.3) is 16.2 Å². The molecule has 7 nitrogen and oxygen atoms in total. The molecule has 2 amide bonds. The van der Waals surface area contributed by atoms with E-state index in [1.807, 2.05) is 30.5 Å². The van der Waals surface area contributed by atoms with Crippen LogP contribution >= 0.6 is 22.9 Å². The Bertz CT molecular complexity index is 1050. The quantitative estimate of drug-likeness (QED) is 0.592. The van der Waals surface area contributed by atoms with E-state index in [0.717, 1.165) is 34.8 Å². The minimum Gasteiger partial charge on any atom is -0.450 e. The first-order valence-electron chi connectivity index (χ1n) is 10.5. The number of likely N-dealkylation sites (tertiary alicyclic amines) is 1. The predicted octanol–water partition coefficient (Wildman–Crippen LogP) is 4.39. The Balaban J connectivity index is 1.30. The number of hydrogen-bond acceptors (Lipinski definition) is 5. The fourth-order valence-corrected chi connectivity index (χ4v) is 4.76. The number of nitrogens with zero attached hydrogens (tertiary/aromatic N) is 3. The topological polar surface area (TPSA) is 75.9 Å². The van der Waals surface area contributed by atoms with Gasteiger partial charge in [0.1, 0.15) is 0 Å². The number of piperidine rings is 1. The van der Waals surface area contributed by atoms with Crippen molar-refractivity contribution in [3.63, 3.8) is 0 Å². The van der Waals surface area contributed by atoms with Crippen LogP contribution in [0.2, 0.25) is 5.02 Å². The third-order valence-corrected chi connectivity index (χ3v) is 6.56. The Morgan fingerprint density at radius 1 is 1.26 bits per heavy atom. The zero-order valence-electron chi connectivity index (χ0n) is 17.3. The lowest BCUT2D eigenvalue weighted by atomic mass is 10.1. The Morgan fingerprint density at radius 2 is 2.00 bits per heavy atom. The van der Waals surface area contributed by atoms with E-state index < -0.39 is 0 Å². The smallest absolute Gasteiger partial charge is 0.409 e. The standard InChI is InChI=1S/C22H25ClN4O3S/c1-2-30-22(29)26-11-9-17(10-12-26)24-20(28)8-7-18-14-31-21-25-19(13-27(18)21)15-3-5-16(23)6-4-15/h3-6,13-14,17H,2,7-12H2,1H3,(H,24,28). The Morgan fingerprint density at radius 3 is 2.71 bits per heavy atom. The van der Waals surface area contributed by atoms with Crippen LogP contribution in [0.5, 0.6) is 0 Å². The summed E-state index contributed by atoms with van der Waals surface area (Å²) in [4.78, 5) is 31.5. The van der Waals surface area contributed by atoms with E-state index in [-0.39, 0.29) is 18.0 Å². The summed E-state index contributed by atoms with van der Waals surface area (Å²) in [6.07, 6.45) is 4.29. The lowest BCUT2D eigenvalue weighted by Gasteiger charge is -2.31. The SMILES string of the molecule is CCOC(=O)N1CCC(NC(=O)CCc2csc3nc(-c4ccc(Cl)cc4)cn23)CC1. The first-order valence-corrected chi connectivity index (χ1v) is 11.7. The number of aryl methyl sites for hydroxylation is 1. The fourth-order valence-electron chi connectivity index (χ4n) is 3.73. The minimum absolute atomic E-state index is 0.0342. The van der Waals surface area contributed by atoms with Gasteiger partial charge < -0.3 is 15.0 Å². The number of amides is 2. The van der Waals surface area contributed by atoms with E-state index in [1.54, 1.807) is 23.2 Å². The number of halogens is 1. The minimum atomic E-state index is -0.271. The van der Waals surface area contributed by atoms with Crippen LogP contribution in [-0.4, -0.2) is 52.0 Å². The van der Waals surface area contributed by atoms with Gasteiger partial charge in [0, 0.05) is 53.4 Å². The molecule has 31 heavy (non-hydrogen) atoms. The van der Waals surface area contributed by atoms with Gasteiger partial charge in [0.2, 0.25) is 5.91 Å². The van der Waals surface area contributed by atoms with Crippen LogP contribution in [0.1, 0.15) is 31.9 Å². The van der Waals surface area contributed by atoms with Gasteiger partial charge in [0.05, 0.1) is 12.3 Å². The molecule has 0 spiro atoms. The van der Waals surface area contributed by atoms with Crippen molar-refractivity contribution in [1.29, 1.82) is 0 Å². The Labute approximate surface area is 190 Å². The molecule has 2 aromatic heterocycles. The molecule has 3 aromatic rings. The summed E-state index contributed by atoms with van der Waals surface area (Å²) < 4.78 is 7.09. The number of ether oxygens (including phenoxy) is 1. The number of aromatic nitrogens is 2. The van der Waals surface area contributed by atoms with Gasteiger partial charge in [-0.2, -0.15) is 0 Å². The molecule has 1 aliphatic rings. The van der Waals surface area contributed by atoms with Crippen molar-refractivity contribution in [1.82, 2.24) is 19.6 Å². The summed E-state index contributed by atoms with van der Waals surface area (Å²) in [5.41, 5.74) is 2.97. The van der Waals surface area contributed by atoms with Crippen molar-refractivity contribution >= 4 is 39.9 Å². The van der Waals surface area contributed by atoms with Crippen LogP contribution in [0.3, 0.4) is 0 Å². The monoisotopic (exact) mass is 460 g/mol. The van der Waals surface area contributed by atoms with Crippen LogP contribution in [0.4, 0.5) is 4.79 Å². The van der Waals surface area contributed by atoms with Gasteiger partial charge in [-0.25, -0.2) is 9.78 Å². The molecule has 0 aliphatic carbocycles. The predicted molar refractivity (Wildman–Crippen MR) is 122 cm³/mol. The van der Waals surface area contributed by atoms with Gasteiger partial charge in [-0.3, -0.25) is 9.20 Å². The lowest BCUT2D eigenvalue weighted by molar-refractivity contribution is -0.122. The van der Waals surface area contributed by atoms with Gasteiger partial charge in [0.15, 0.2) is 4.96 Å². The number of nitrogens with one attached hydrogen (secondary N) is 1. The van der Waals surface area contributed by atoms with Crippen molar-refractivity contribution in [2.45, 2.75) is 38.6 Å². The fraction of sp³-hybridized carbons (Fsp3) is 0.409. The van der Waals surface area contributed by atoms with Crippen molar-refractivity contribution in [3.05, 3.63) is 46.6 Å². The van der Waals surface area contributed by atoms with Crippen molar-refractivity contribution in [2.75, 3.05) is 19.7 Å². The molecule has 0 radical (unpaired) electrons. The molecule has 4 rings (SSSR count). The van der Waals surface area contributed by atoms with E-state index in [9.17, 15) is 9.59 Å². The zero-order valence-corrected chi connectivity index (χ0v) is 18.9. The van der Waals surface area contributed by atoms with E-state index in [4.69, 9.17) is 16.3 Å². The van der Waals surface area contributed by atoms with Crippen molar-refractivity contribution in [3.8, 4) is 11.3 Å². The van der Waals surface area contributed by atoms with Gasteiger partial charge in [-0.1, -0.05) is 23.7 Å². The molecule has 164 valence electrons. The molecule has 0 saturated carbocycles. The van der Waals surface area contributed by atoms with Gasteiger partial charge in [-0.05, 0) is 38.3 Å². The first-order chi connectivity index (χ1) is 15.0. The lowest BCUT2D eigenvalue weighted by Crippen LogP contribution is -2.46. The Hall–Kier alpha value is -2.58. The second-order valence-corrected chi connectivity index (χ2v) is 8.81. The molecule has 1 aromatic carbocycles. The molecule has 0 atom stereocenters. The Kier molecular flexibility index (Phi) is 6.77. The molecule has 0 unspecified atom stereocenters. The highest BCUT2D eigenvalue weighted by Crippen LogP contribution is 2.25. The molecule has 1 aliphatic heterocycles. The van der Waals surface area contributed by atoms with Gasteiger partial charge >= 0.3 is 6.09 Å². The number of rotatable bonds is 6. The molecular weight excluding hydrogens is 436 g/mol. The van der Waals surface area contributed by atoms with Crippen molar-refractivity contribution in [2.24, 2.45) is 0 Å². The summed E-state index contributed by atoms with van der Waals surface area (Å²) in [7, 11) is 0. The second kappa shape index (κ2) is 9.70.